The minimum Gasteiger partial charge on any atom is -0.482 e. The minimum atomic E-state index is -3.71. The predicted molar refractivity (Wildman–Crippen MR) is 137 cm³/mol. The maximum atomic E-state index is 13.2. The molecule has 0 aliphatic carbocycles. The highest BCUT2D eigenvalue weighted by Gasteiger charge is 2.28. The van der Waals surface area contributed by atoms with Crippen molar-refractivity contribution in [2.75, 3.05) is 13.2 Å². The van der Waals surface area contributed by atoms with E-state index in [4.69, 9.17) is 16.3 Å². The summed E-state index contributed by atoms with van der Waals surface area (Å²) in [5.41, 5.74) is 3.41. The number of carbonyl (C=O) groups is 1. The summed E-state index contributed by atoms with van der Waals surface area (Å²) >= 11 is 6.32. The summed E-state index contributed by atoms with van der Waals surface area (Å²) in [5.74, 6) is 0.00648. The molecule has 3 aromatic carbocycles. The Labute approximate surface area is 211 Å². The van der Waals surface area contributed by atoms with Gasteiger partial charge in [-0.05, 0) is 61.1 Å². The van der Waals surface area contributed by atoms with E-state index in [1.807, 2.05) is 49.4 Å². The average molecular weight is 513 g/mol. The second-order valence-corrected chi connectivity index (χ2v) is 11.1. The molecule has 0 spiro atoms. The third kappa shape index (κ3) is 6.42. The molecular weight excluding hydrogens is 484 g/mol. The number of nitrogens with zero attached hydrogens (tertiary/aromatic N) is 1. The fourth-order valence-electron chi connectivity index (χ4n) is 4.14. The van der Waals surface area contributed by atoms with Crippen LogP contribution in [0.25, 0.3) is 0 Å². The SMILES string of the molecule is C[C@H](CCc1ccccc1)NC(=O)COc1ccc(S(=O)(=O)N2CCc3ccccc3C2)cc1Cl. The highest BCUT2D eigenvalue weighted by atomic mass is 35.5. The maximum Gasteiger partial charge on any atom is 0.258 e. The van der Waals surface area contributed by atoms with Crippen molar-refractivity contribution < 1.29 is 17.9 Å². The molecule has 3 aromatic rings. The van der Waals surface area contributed by atoms with Crippen molar-refractivity contribution in [1.29, 1.82) is 0 Å². The summed E-state index contributed by atoms with van der Waals surface area (Å²) in [7, 11) is -3.71. The maximum absolute atomic E-state index is 13.2. The van der Waals surface area contributed by atoms with Crippen LogP contribution in [-0.4, -0.2) is 37.8 Å². The van der Waals surface area contributed by atoms with Crippen molar-refractivity contribution in [2.45, 2.75) is 43.7 Å². The molecule has 0 bridgehead atoms. The molecule has 184 valence electrons. The molecule has 1 amide bonds. The third-order valence-corrected chi connectivity index (χ3v) is 8.25. The van der Waals surface area contributed by atoms with Gasteiger partial charge in [-0.25, -0.2) is 8.42 Å². The zero-order valence-electron chi connectivity index (χ0n) is 19.6. The number of hydrogen-bond acceptors (Lipinski definition) is 4. The standard InChI is InChI=1S/C27H29ClN2O4S/c1-20(11-12-21-7-3-2-4-8-21)29-27(31)19-34-26-14-13-24(17-25(26)28)35(32,33)30-16-15-22-9-5-6-10-23(22)18-30/h2-10,13-14,17,20H,11-12,15-16,18-19H2,1H3,(H,29,31)/t20-/m1/s1. The van der Waals surface area contributed by atoms with Crippen molar-refractivity contribution >= 4 is 27.5 Å². The Balaban J connectivity index is 1.31. The van der Waals surface area contributed by atoms with Gasteiger partial charge < -0.3 is 10.1 Å². The van der Waals surface area contributed by atoms with Gasteiger partial charge in [0.15, 0.2) is 6.61 Å². The van der Waals surface area contributed by atoms with E-state index >= 15 is 0 Å². The van der Waals surface area contributed by atoms with Crippen molar-refractivity contribution in [3.8, 4) is 5.75 Å². The van der Waals surface area contributed by atoms with Crippen LogP contribution >= 0.6 is 11.6 Å². The van der Waals surface area contributed by atoms with E-state index < -0.39 is 10.0 Å². The molecule has 0 unspecified atom stereocenters. The van der Waals surface area contributed by atoms with Crippen LogP contribution in [0.5, 0.6) is 5.75 Å². The minimum absolute atomic E-state index is 0.0102. The average Bonchev–Trinajstić information content (AvgIpc) is 2.87. The third-order valence-electron chi connectivity index (χ3n) is 6.11. The first-order valence-corrected chi connectivity index (χ1v) is 13.5. The van der Waals surface area contributed by atoms with Gasteiger partial charge in [0.2, 0.25) is 10.0 Å². The number of hydrogen-bond donors (Lipinski definition) is 1. The van der Waals surface area contributed by atoms with Crippen molar-refractivity contribution in [1.82, 2.24) is 9.62 Å². The molecule has 0 fully saturated rings. The van der Waals surface area contributed by atoms with Crippen molar-refractivity contribution in [3.63, 3.8) is 0 Å². The lowest BCUT2D eigenvalue weighted by Crippen LogP contribution is -2.36. The largest absolute Gasteiger partial charge is 0.482 e. The van der Waals surface area contributed by atoms with E-state index in [2.05, 4.69) is 17.4 Å². The fourth-order valence-corrected chi connectivity index (χ4v) is 5.89. The van der Waals surface area contributed by atoms with E-state index in [-0.39, 0.29) is 34.2 Å². The molecular formula is C27H29ClN2O4S. The second-order valence-electron chi connectivity index (χ2n) is 8.73. The van der Waals surface area contributed by atoms with Crippen LogP contribution in [0.1, 0.15) is 30.0 Å². The summed E-state index contributed by atoms with van der Waals surface area (Å²) in [6, 6.07) is 22.3. The summed E-state index contributed by atoms with van der Waals surface area (Å²) in [5, 5.41) is 3.06. The molecule has 1 atom stereocenters. The van der Waals surface area contributed by atoms with E-state index in [1.54, 1.807) is 0 Å². The predicted octanol–water partition coefficient (Wildman–Crippen LogP) is 4.60. The Morgan fingerprint density at radius 3 is 2.51 bits per heavy atom. The number of benzene rings is 3. The smallest absolute Gasteiger partial charge is 0.258 e. The highest BCUT2D eigenvalue weighted by Crippen LogP contribution is 2.30. The van der Waals surface area contributed by atoms with Gasteiger partial charge in [0.1, 0.15) is 5.75 Å². The van der Waals surface area contributed by atoms with Crippen LogP contribution in [0.2, 0.25) is 5.02 Å². The number of ether oxygens (including phenoxy) is 1. The van der Waals surface area contributed by atoms with Gasteiger partial charge in [-0.1, -0.05) is 66.2 Å². The van der Waals surface area contributed by atoms with Crippen LogP contribution in [0, 0.1) is 0 Å². The molecule has 0 aromatic heterocycles. The molecule has 8 heteroatoms. The first-order chi connectivity index (χ1) is 16.8. The Morgan fingerprint density at radius 2 is 1.77 bits per heavy atom. The van der Waals surface area contributed by atoms with Gasteiger partial charge in [-0.2, -0.15) is 4.31 Å². The zero-order valence-corrected chi connectivity index (χ0v) is 21.2. The molecule has 1 aliphatic heterocycles. The molecule has 1 heterocycles. The number of sulfonamides is 1. The number of nitrogens with one attached hydrogen (secondary N) is 1. The first-order valence-electron chi connectivity index (χ1n) is 11.7. The molecule has 4 rings (SSSR count). The van der Waals surface area contributed by atoms with Crippen LogP contribution in [-0.2, 0) is 34.2 Å². The summed E-state index contributed by atoms with van der Waals surface area (Å²) in [6.07, 6.45) is 2.35. The highest BCUT2D eigenvalue weighted by molar-refractivity contribution is 7.89. The Hall–Kier alpha value is -2.87. The number of halogens is 1. The van der Waals surface area contributed by atoms with Gasteiger partial charge in [-0.15, -0.1) is 0 Å². The van der Waals surface area contributed by atoms with Gasteiger partial charge in [0.25, 0.3) is 5.91 Å². The lowest BCUT2D eigenvalue weighted by molar-refractivity contribution is -0.123. The van der Waals surface area contributed by atoms with Gasteiger partial charge >= 0.3 is 0 Å². The van der Waals surface area contributed by atoms with Crippen LogP contribution in [0.15, 0.2) is 77.7 Å². The fraction of sp³-hybridized carbons (Fsp3) is 0.296. The summed E-state index contributed by atoms with van der Waals surface area (Å²) in [6.45, 7) is 2.49. The lowest BCUT2D eigenvalue weighted by atomic mass is 10.0. The normalized spacial score (nSPS) is 14.7. The lowest BCUT2D eigenvalue weighted by Gasteiger charge is -2.28. The van der Waals surface area contributed by atoms with Gasteiger partial charge in [-0.3, -0.25) is 4.79 Å². The van der Waals surface area contributed by atoms with Gasteiger partial charge in [0, 0.05) is 19.1 Å². The van der Waals surface area contributed by atoms with Crippen LogP contribution < -0.4 is 10.1 Å². The Morgan fingerprint density at radius 1 is 1.06 bits per heavy atom. The Bertz CT molecular complexity index is 1280. The summed E-state index contributed by atoms with van der Waals surface area (Å²) < 4.78 is 33.4. The second kappa shape index (κ2) is 11.2. The molecule has 35 heavy (non-hydrogen) atoms. The Kier molecular flexibility index (Phi) is 8.11. The number of carbonyl (C=O) groups excluding carboxylic acids is 1. The number of fused-ring (bicyclic) bond motifs is 1. The molecule has 1 N–H and O–H groups in total. The van der Waals surface area contributed by atoms with Crippen molar-refractivity contribution in [3.05, 3.63) is 94.5 Å². The van der Waals surface area contributed by atoms with E-state index in [9.17, 15) is 13.2 Å². The summed E-state index contributed by atoms with van der Waals surface area (Å²) in [4.78, 5) is 12.4. The van der Waals surface area contributed by atoms with E-state index in [0.29, 0.717) is 19.5 Å². The first kappa shape index (κ1) is 25.2. The number of aryl methyl sites for hydroxylation is 1. The molecule has 1 aliphatic rings. The quantitative estimate of drug-likeness (QED) is 0.454. The van der Waals surface area contributed by atoms with E-state index in [1.165, 1.54) is 33.6 Å². The zero-order chi connectivity index (χ0) is 24.8. The van der Waals surface area contributed by atoms with Gasteiger partial charge in [0.05, 0.1) is 9.92 Å². The number of rotatable bonds is 9. The number of amides is 1. The molecule has 0 saturated heterocycles. The molecule has 0 saturated carbocycles. The van der Waals surface area contributed by atoms with Crippen molar-refractivity contribution in [2.24, 2.45) is 0 Å². The van der Waals surface area contributed by atoms with E-state index in [0.717, 1.165) is 18.4 Å². The van der Waals surface area contributed by atoms with Crippen LogP contribution in [0.4, 0.5) is 0 Å². The monoisotopic (exact) mass is 512 g/mol. The topological polar surface area (TPSA) is 75.7 Å². The van der Waals surface area contributed by atoms with Crippen LogP contribution in [0.3, 0.4) is 0 Å². The molecule has 0 radical (unpaired) electrons. The molecule has 6 nitrogen and oxygen atoms in total.